The Morgan fingerprint density at radius 1 is 1.25 bits per heavy atom. The van der Waals surface area contributed by atoms with E-state index in [1.165, 1.54) is 12.1 Å². The van der Waals surface area contributed by atoms with Crippen molar-refractivity contribution in [3.63, 3.8) is 0 Å². The summed E-state index contributed by atoms with van der Waals surface area (Å²) in [5.41, 5.74) is 4.05. The second-order valence-corrected chi connectivity index (χ2v) is 5.65. The van der Waals surface area contributed by atoms with E-state index in [1.807, 2.05) is 20.8 Å². The zero-order valence-electron chi connectivity index (χ0n) is 14.1. The molecular formula is C17H23F2N3O2. The Morgan fingerprint density at radius 2 is 1.92 bits per heavy atom. The van der Waals surface area contributed by atoms with Crippen LogP contribution in [0.25, 0.3) is 0 Å². The van der Waals surface area contributed by atoms with Crippen molar-refractivity contribution in [3.05, 3.63) is 46.8 Å². The van der Waals surface area contributed by atoms with Gasteiger partial charge < -0.3 is 15.2 Å². The highest BCUT2D eigenvalue weighted by molar-refractivity contribution is 5.29. The molecule has 132 valence electrons. The molecule has 1 heterocycles. The normalized spacial score (nSPS) is 12.6. The number of aliphatic hydroxyl groups excluding tert-OH is 1. The summed E-state index contributed by atoms with van der Waals surface area (Å²) < 4.78 is 30.5. The van der Waals surface area contributed by atoms with E-state index in [1.54, 1.807) is 16.8 Å². The van der Waals surface area contributed by atoms with Gasteiger partial charge in [0.05, 0.1) is 18.8 Å². The van der Waals surface area contributed by atoms with Crippen LogP contribution in [-0.2, 0) is 13.1 Å². The van der Waals surface area contributed by atoms with Gasteiger partial charge >= 0.3 is 6.61 Å². The number of nitrogens with zero attached hydrogens (tertiary/aromatic N) is 2. The van der Waals surface area contributed by atoms with Gasteiger partial charge in [-0.3, -0.25) is 4.68 Å². The fraction of sp³-hybridized carbons (Fsp3) is 0.471. The molecule has 0 spiro atoms. The number of aliphatic hydroxyl groups is 1. The lowest BCUT2D eigenvalue weighted by Crippen LogP contribution is -2.19. The molecule has 0 aliphatic carbocycles. The predicted octanol–water partition coefficient (Wildman–Crippen LogP) is 2.94. The fourth-order valence-electron chi connectivity index (χ4n) is 2.61. The molecule has 24 heavy (non-hydrogen) atoms. The van der Waals surface area contributed by atoms with Crippen molar-refractivity contribution in [3.8, 4) is 5.75 Å². The van der Waals surface area contributed by atoms with Gasteiger partial charge in [0.2, 0.25) is 0 Å². The average Bonchev–Trinajstić information content (AvgIpc) is 2.80. The molecule has 2 rings (SSSR count). The first-order valence-electron chi connectivity index (χ1n) is 7.84. The monoisotopic (exact) mass is 339 g/mol. The molecule has 0 radical (unpaired) electrons. The summed E-state index contributed by atoms with van der Waals surface area (Å²) >= 11 is 0. The Bertz CT molecular complexity index is 657. The number of halogens is 2. The van der Waals surface area contributed by atoms with Crippen LogP contribution in [0, 0.1) is 13.8 Å². The van der Waals surface area contributed by atoms with Crippen molar-refractivity contribution in [2.24, 2.45) is 0 Å². The highest BCUT2D eigenvalue weighted by Gasteiger charge is 2.13. The third kappa shape index (κ3) is 4.52. The van der Waals surface area contributed by atoms with Gasteiger partial charge in [-0.25, -0.2) is 0 Å². The number of rotatable bonds is 8. The number of nitrogens with one attached hydrogen (secondary N) is 1. The standard InChI is InChI=1S/C17H23F2N3O2/c1-11(14-4-6-15(7-5-14)24-17(18)19)20-10-16-12(2)21-22(8-9-23)13(16)3/h4-7,11,17,20,23H,8-10H2,1-3H3. The topological polar surface area (TPSA) is 59.3 Å². The van der Waals surface area contributed by atoms with Crippen LogP contribution in [-0.4, -0.2) is 28.1 Å². The first-order valence-corrected chi connectivity index (χ1v) is 7.84. The van der Waals surface area contributed by atoms with Crippen LogP contribution in [0.2, 0.25) is 0 Å². The number of ether oxygens (including phenoxy) is 1. The molecule has 1 aromatic carbocycles. The molecule has 7 heteroatoms. The summed E-state index contributed by atoms with van der Waals surface area (Å²) in [6, 6.07) is 6.66. The minimum Gasteiger partial charge on any atom is -0.435 e. The number of benzene rings is 1. The molecule has 0 aliphatic heterocycles. The molecule has 0 bridgehead atoms. The van der Waals surface area contributed by atoms with E-state index < -0.39 is 6.61 Å². The highest BCUT2D eigenvalue weighted by atomic mass is 19.3. The van der Waals surface area contributed by atoms with E-state index >= 15 is 0 Å². The van der Waals surface area contributed by atoms with Crippen LogP contribution >= 0.6 is 0 Å². The van der Waals surface area contributed by atoms with Gasteiger partial charge in [0.1, 0.15) is 5.75 Å². The first-order chi connectivity index (χ1) is 11.4. The lowest BCUT2D eigenvalue weighted by molar-refractivity contribution is -0.0498. The SMILES string of the molecule is Cc1nn(CCO)c(C)c1CNC(C)c1ccc(OC(F)F)cc1. The molecule has 0 amide bonds. The van der Waals surface area contributed by atoms with Crippen molar-refractivity contribution < 1.29 is 18.6 Å². The summed E-state index contributed by atoms with van der Waals surface area (Å²) in [6.45, 7) is 4.29. The maximum atomic E-state index is 12.2. The molecule has 0 fully saturated rings. The second-order valence-electron chi connectivity index (χ2n) is 5.65. The third-order valence-electron chi connectivity index (χ3n) is 4.03. The molecular weight excluding hydrogens is 316 g/mol. The van der Waals surface area contributed by atoms with Gasteiger partial charge in [0.25, 0.3) is 0 Å². The highest BCUT2D eigenvalue weighted by Crippen LogP contribution is 2.20. The van der Waals surface area contributed by atoms with E-state index in [9.17, 15) is 8.78 Å². The van der Waals surface area contributed by atoms with Crippen LogP contribution in [0.1, 0.15) is 35.5 Å². The van der Waals surface area contributed by atoms with E-state index in [0.29, 0.717) is 13.1 Å². The molecule has 1 aromatic heterocycles. The fourth-order valence-corrected chi connectivity index (χ4v) is 2.61. The summed E-state index contributed by atoms with van der Waals surface area (Å²) in [6.07, 6.45) is 0. The smallest absolute Gasteiger partial charge is 0.387 e. The lowest BCUT2D eigenvalue weighted by atomic mass is 10.1. The maximum absolute atomic E-state index is 12.2. The van der Waals surface area contributed by atoms with Crippen molar-refractivity contribution in [1.29, 1.82) is 0 Å². The van der Waals surface area contributed by atoms with Crippen LogP contribution in [0.4, 0.5) is 8.78 Å². The third-order valence-corrected chi connectivity index (χ3v) is 4.03. The Hall–Kier alpha value is -1.99. The summed E-state index contributed by atoms with van der Waals surface area (Å²) in [4.78, 5) is 0. The van der Waals surface area contributed by atoms with E-state index in [2.05, 4.69) is 15.2 Å². The van der Waals surface area contributed by atoms with Crippen LogP contribution in [0.15, 0.2) is 24.3 Å². The molecule has 2 N–H and O–H groups in total. The summed E-state index contributed by atoms with van der Waals surface area (Å²) in [7, 11) is 0. The molecule has 0 aliphatic rings. The van der Waals surface area contributed by atoms with Crippen molar-refractivity contribution in [2.75, 3.05) is 6.61 Å². The zero-order chi connectivity index (χ0) is 17.7. The molecule has 0 saturated carbocycles. The second kappa shape index (κ2) is 8.21. The lowest BCUT2D eigenvalue weighted by Gasteiger charge is -2.15. The minimum absolute atomic E-state index is 0.0468. The minimum atomic E-state index is -2.81. The Labute approximate surface area is 140 Å². The largest absolute Gasteiger partial charge is 0.435 e. The van der Waals surface area contributed by atoms with E-state index in [0.717, 1.165) is 22.5 Å². The van der Waals surface area contributed by atoms with E-state index in [-0.39, 0.29) is 18.4 Å². The molecule has 5 nitrogen and oxygen atoms in total. The number of hydrogen-bond acceptors (Lipinski definition) is 4. The first kappa shape index (κ1) is 18.4. The van der Waals surface area contributed by atoms with Crippen LogP contribution < -0.4 is 10.1 Å². The molecule has 2 aromatic rings. The van der Waals surface area contributed by atoms with Crippen LogP contribution in [0.3, 0.4) is 0 Å². The van der Waals surface area contributed by atoms with Crippen LogP contribution in [0.5, 0.6) is 5.75 Å². The summed E-state index contributed by atoms with van der Waals surface area (Å²) in [5, 5.41) is 16.9. The number of hydrogen-bond donors (Lipinski definition) is 2. The van der Waals surface area contributed by atoms with Gasteiger partial charge in [0, 0.05) is 23.8 Å². The van der Waals surface area contributed by atoms with Crippen molar-refractivity contribution in [2.45, 2.75) is 46.5 Å². The number of aromatic nitrogens is 2. The molecule has 1 atom stereocenters. The van der Waals surface area contributed by atoms with Crippen molar-refractivity contribution >= 4 is 0 Å². The maximum Gasteiger partial charge on any atom is 0.387 e. The van der Waals surface area contributed by atoms with E-state index in [4.69, 9.17) is 5.11 Å². The number of alkyl halides is 2. The van der Waals surface area contributed by atoms with Gasteiger partial charge in [-0.05, 0) is 38.5 Å². The Morgan fingerprint density at radius 3 is 2.50 bits per heavy atom. The van der Waals surface area contributed by atoms with Gasteiger partial charge in [-0.2, -0.15) is 13.9 Å². The van der Waals surface area contributed by atoms with Crippen molar-refractivity contribution in [1.82, 2.24) is 15.1 Å². The van der Waals surface area contributed by atoms with Gasteiger partial charge in [-0.15, -0.1) is 0 Å². The Kier molecular flexibility index (Phi) is 6.28. The Balaban J connectivity index is 1.99. The van der Waals surface area contributed by atoms with Gasteiger partial charge in [0.15, 0.2) is 0 Å². The molecule has 1 unspecified atom stereocenters. The number of aryl methyl sites for hydroxylation is 1. The zero-order valence-corrected chi connectivity index (χ0v) is 14.1. The summed E-state index contributed by atoms with van der Waals surface area (Å²) in [5.74, 6) is 0.151. The predicted molar refractivity (Wildman–Crippen MR) is 87.1 cm³/mol. The average molecular weight is 339 g/mol. The quantitative estimate of drug-likeness (QED) is 0.776. The van der Waals surface area contributed by atoms with Gasteiger partial charge in [-0.1, -0.05) is 12.1 Å². The molecule has 0 saturated heterocycles.